The molecule has 62 valence electrons. The van der Waals surface area contributed by atoms with Crippen molar-refractivity contribution in [2.75, 3.05) is 19.6 Å². The summed E-state index contributed by atoms with van der Waals surface area (Å²) in [7, 11) is 0. The van der Waals surface area contributed by atoms with Crippen LogP contribution in [-0.2, 0) is 4.79 Å². The zero-order valence-corrected chi connectivity index (χ0v) is 6.49. The molecule has 1 saturated heterocycles. The van der Waals surface area contributed by atoms with E-state index >= 15 is 0 Å². The molecule has 0 spiro atoms. The van der Waals surface area contributed by atoms with Crippen molar-refractivity contribution in [2.45, 2.75) is 18.9 Å². The van der Waals surface area contributed by atoms with Crippen LogP contribution in [0.4, 0.5) is 0 Å². The summed E-state index contributed by atoms with van der Waals surface area (Å²) in [5, 5.41) is 9.12. The van der Waals surface area contributed by atoms with E-state index < -0.39 is 0 Å². The van der Waals surface area contributed by atoms with Gasteiger partial charge in [-0.15, -0.1) is 0 Å². The highest BCUT2D eigenvalue weighted by atomic mass is 16.3. The van der Waals surface area contributed by atoms with Gasteiger partial charge in [-0.1, -0.05) is 0 Å². The molecule has 0 saturated carbocycles. The molecule has 0 aromatic heterocycles. The number of ketones is 1. The molecule has 0 aliphatic carbocycles. The standard InChI is InChI=1S/C8H13NO2/c1-7(10)6-9-4-2-8(11)3-5-9/h1,8,11H,2-6H2. The van der Waals surface area contributed by atoms with Gasteiger partial charge in [0, 0.05) is 20.0 Å². The smallest absolute Gasteiger partial charge is 0.151 e. The number of likely N-dealkylation sites (tertiary alicyclic amines) is 1. The molecule has 11 heavy (non-hydrogen) atoms. The van der Waals surface area contributed by atoms with Gasteiger partial charge < -0.3 is 5.11 Å². The van der Waals surface area contributed by atoms with E-state index in [9.17, 15) is 4.79 Å². The van der Waals surface area contributed by atoms with Crippen molar-refractivity contribution >= 4 is 5.78 Å². The van der Waals surface area contributed by atoms with E-state index in [1.54, 1.807) is 0 Å². The molecule has 1 aliphatic heterocycles. The van der Waals surface area contributed by atoms with Crippen LogP contribution >= 0.6 is 0 Å². The number of hydrogen-bond acceptors (Lipinski definition) is 3. The minimum Gasteiger partial charge on any atom is -0.393 e. The van der Waals surface area contributed by atoms with Crippen LogP contribution in [-0.4, -0.2) is 41.5 Å². The Balaban J connectivity index is 2.22. The van der Waals surface area contributed by atoms with Crippen molar-refractivity contribution in [3.8, 4) is 0 Å². The van der Waals surface area contributed by atoms with Gasteiger partial charge in [0.25, 0.3) is 0 Å². The average Bonchev–Trinajstić information content (AvgIpc) is 1.93. The molecule has 0 unspecified atom stereocenters. The predicted octanol–water partition coefficient (Wildman–Crippen LogP) is -0.277. The van der Waals surface area contributed by atoms with Crippen molar-refractivity contribution in [3.63, 3.8) is 0 Å². The fourth-order valence-corrected chi connectivity index (χ4v) is 1.30. The van der Waals surface area contributed by atoms with E-state index in [1.165, 1.54) is 0 Å². The Morgan fingerprint density at radius 1 is 1.55 bits per heavy atom. The number of nitrogens with zero attached hydrogens (tertiary/aromatic N) is 1. The molecule has 1 rings (SSSR count). The average molecular weight is 155 g/mol. The van der Waals surface area contributed by atoms with E-state index in [1.807, 2.05) is 4.90 Å². The van der Waals surface area contributed by atoms with Gasteiger partial charge in [0.05, 0.1) is 12.6 Å². The highest BCUT2D eigenvalue weighted by molar-refractivity contribution is 5.84. The van der Waals surface area contributed by atoms with E-state index in [0.29, 0.717) is 6.54 Å². The summed E-state index contributed by atoms with van der Waals surface area (Å²) in [6.45, 7) is 6.90. The maximum Gasteiger partial charge on any atom is 0.151 e. The molecule has 2 radical (unpaired) electrons. The normalized spacial score (nSPS) is 22.0. The number of piperidine rings is 1. The molecule has 1 heterocycles. The minimum absolute atomic E-state index is 0.181. The molecule has 0 atom stereocenters. The quantitative estimate of drug-likeness (QED) is 0.596. The van der Waals surface area contributed by atoms with Crippen LogP contribution in [0.25, 0.3) is 0 Å². The summed E-state index contributed by atoms with van der Waals surface area (Å²) in [6, 6.07) is 0. The molecule has 1 N–H and O–H groups in total. The van der Waals surface area contributed by atoms with Crippen LogP contribution in [0, 0.1) is 6.92 Å². The molecular weight excluding hydrogens is 142 g/mol. The van der Waals surface area contributed by atoms with Crippen molar-refractivity contribution in [1.82, 2.24) is 4.90 Å². The zero-order chi connectivity index (χ0) is 8.27. The summed E-state index contributed by atoms with van der Waals surface area (Å²) in [4.78, 5) is 12.4. The zero-order valence-electron chi connectivity index (χ0n) is 6.49. The lowest BCUT2D eigenvalue weighted by molar-refractivity contribution is -0.116. The van der Waals surface area contributed by atoms with Gasteiger partial charge in [-0.25, -0.2) is 0 Å². The Labute approximate surface area is 67.0 Å². The van der Waals surface area contributed by atoms with E-state index in [-0.39, 0.29) is 11.9 Å². The maximum atomic E-state index is 10.5. The number of aliphatic hydroxyl groups excluding tert-OH is 1. The van der Waals surface area contributed by atoms with Gasteiger partial charge in [0.2, 0.25) is 0 Å². The van der Waals surface area contributed by atoms with E-state index in [4.69, 9.17) is 12.0 Å². The lowest BCUT2D eigenvalue weighted by atomic mass is 10.1. The number of rotatable bonds is 2. The molecular formula is C8H13NO2. The van der Waals surface area contributed by atoms with Crippen molar-refractivity contribution in [3.05, 3.63) is 6.92 Å². The van der Waals surface area contributed by atoms with Crippen LogP contribution in [0.1, 0.15) is 12.8 Å². The second kappa shape index (κ2) is 3.83. The molecule has 0 aromatic carbocycles. The maximum absolute atomic E-state index is 10.5. The Morgan fingerprint density at radius 2 is 2.09 bits per heavy atom. The Bertz CT molecular complexity index is 139. The number of Topliss-reactive ketones (excluding diaryl/α,β-unsaturated/α-hetero) is 1. The summed E-state index contributed by atoms with van der Waals surface area (Å²) in [5.41, 5.74) is 0. The summed E-state index contributed by atoms with van der Waals surface area (Å²) < 4.78 is 0. The first-order valence-corrected chi connectivity index (χ1v) is 3.87. The Kier molecular flexibility index (Phi) is 3.02. The number of hydrogen-bond donors (Lipinski definition) is 1. The highest BCUT2D eigenvalue weighted by Gasteiger charge is 2.17. The number of carbonyl (C=O) groups is 1. The Morgan fingerprint density at radius 3 is 2.55 bits per heavy atom. The minimum atomic E-state index is -0.290. The first-order chi connectivity index (χ1) is 5.18. The third kappa shape index (κ3) is 2.99. The molecule has 3 nitrogen and oxygen atoms in total. The fraction of sp³-hybridized carbons (Fsp3) is 0.750. The van der Waals surface area contributed by atoms with E-state index in [0.717, 1.165) is 25.9 Å². The van der Waals surface area contributed by atoms with Gasteiger partial charge in [0.1, 0.15) is 0 Å². The topological polar surface area (TPSA) is 40.5 Å². The Hall–Kier alpha value is -0.410. The lowest BCUT2D eigenvalue weighted by Gasteiger charge is -2.28. The second-order valence-corrected chi connectivity index (χ2v) is 2.97. The number of aliphatic hydroxyl groups is 1. The molecule has 1 fully saturated rings. The van der Waals surface area contributed by atoms with Crippen LogP contribution in [0.2, 0.25) is 0 Å². The summed E-state index contributed by atoms with van der Waals surface area (Å²) in [5.74, 6) is -0.290. The molecule has 0 aromatic rings. The predicted molar refractivity (Wildman–Crippen MR) is 41.0 cm³/mol. The van der Waals surface area contributed by atoms with Crippen LogP contribution < -0.4 is 0 Å². The van der Waals surface area contributed by atoms with Gasteiger partial charge in [-0.2, -0.15) is 0 Å². The molecule has 0 amide bonds. The second-order valence-electron chi connectivity index (χ2n) is 2.97. The third-order valence-corrected chi connectivity index (χ3v) is 1.94. The third-order valence-electron chi connectivity index (χ3n) is 1.94. The summed E-state index contributed by atoms with van der Waals surface area (Å²) in [6.07, 6.45) is 1.33. The largest absolute Gasteiger partial charge is 0.393 e. The molecule has 3 heteroatoms. The first kappa shape index (κ1) is 8.68. The first-order valence-electron chi connectivity index (χ1n) is 3.87. The summed E-state index contributed by atoms with van der Waals surface area (Å²) >= 11 is 0. The van der Waals surface area contributed by atoms with Crippen LogP contribution in [0.3, 0.4) is 0 Å². The van der Waals surface area contributed by atoms with E-state index in [2.05, 4.69) is 0 Å². The lowest BCUT2D eigenvalue weighted by Crippen LogP contribution is -2.38. The van der Waals surface area contributed by atoms with Crippen molar-refractivity contribution < 1.29 is 9.90 Å². The molecule has 1 aliphatic rings. The van der Waals surface area contributed by atoms with Crippen LogP contribution in [0.15, 0.2) is 0 Å². The van der Waals surface area contributed by atoms with Crippen molar-refractivity contribution in [2.24, 2.45) is 0 Å². The van der Waals surface area contributed by atoms with Gasteiger partial charge in [0.15, 0.2) is 5.78 Å². The fourth-order valence-electron chi connectivity index (χ4n) is 1.30. The number of carbonyl (C=O) groups excluding carboxylic acids is 1. The van der Waals surface area contributed by atoms with Gasteiger partial charge in [-0.05, 0) is 12.8 Å². The monoisotopic (exact) mass is 155 g/mol. The van der Waals surface area contributed by atoms with Crippen LogP contribution in [0.5, 0.6) is 0 Å². The van der Waals surface area contributed by atoms with Crippen molar-refractivity contribution in [1.29, 1.82) is 0 Å². The van der Waals surface area contributed by atoms with Gasteiger partial charge >= 0.3 is 0 Å². The SMILES string of the molecule is [CH]C(=O)CN1CCC(O)CC1. The van der Waals surface area contributed by atoms with Gasteiger partial charge in [-0.3, -0.25) is 9.69 Å². The highest BCUT2D eigenvalue weighted by Crippen LogP contribution is 2.08. The molecule has 0 bridgehead atoms.